The number of furan rings is 1. The fourth-order valence-corrected chi connectivity index (χ4v) is 7.24. The summed E-state index contributed by atoms with van der Waals surface area (Å²) in [5.41, 5.74) is 7.73. The van der Waals surface area contributed by atoms with E-state index in [4.69, 9.17) is 14.1 Å². The van der Waals surface area contributed by atoms with Crippen molar-refractivity contribution in [1.82, 2.24) is 19.1 Å². The van der Waals surface area contributed by atoms with Crippen molar-refractivity contribution >= 4 is 32.8 Å². The second-order valence-corrected chi connectivity index (χ2v) is 13.8. The molecule has 0 amide bonds. The largest absolute Gasteiger partial charge is 2.00 e. The van der Waals surface area contributed by atoms with Gasteiger partial charge in [-0.1, -0.05) is 92.3 Å². The molecule has 0 spiro atoms. The summed E-state index contributed by atoms with van der Waals surface area (Å²) in [5.74, 6) is 2.91. The molecule has 4 aromatic carbocycles. The molecular weight excluding hydrogens is 776 g/mol. The Hall–Kier alpha value is -4.93. The third-order valence-corrected chi connectivity index (χ3v) is 9.36. The molecule has 0 fully saturated rings. The Labute approximate surface area is 293 Å². The maximum Gasteiger partial charge on any atom is 2.00 e. The Morgan fingerprint density at radius 2 is 1.54 bits per heavy atom. The predicted molar refractivity (Wildman–Crippen MR) is 186 cm³/mol. The van der Waals surface area contributed by atoms with Crippen molar-refractivity contribution < 1.29 is 30.2 Å². The van der Waals surface area contributed by atoms with Crippen molar-refractivity contribution in [2.45, 2.75) is 45.4 Å². The molecule has 0 saturated carbocycles. The second-order valence-electron chi connectivity index (χ2n) is 13.8. The van der Waals surface area contributed by atoms with E-state index < -0.39 is 5.41 Å². The van der Waals surface area contributed by atoms with Crippen LogP contribution in [-0.2, 0) is 31.9 Å². The molecule has 1 aliphatic rings. The van der Waals surface area contributed by atoms with Crippen molar-refractivity contribution in [3.8, 4) is 34.3 Å². The van der Waals surface area contributed by atoms with E-state index in [1.807, 2.05) is 55.0 Å². The fraction of sp³-hybridized carbons (Fsp3) is 0.171. The van der Waals surface area contributed by atoms with Crippen LogP contribution in [0.25, 0.3) is 55.5 Å². The number of ether oxygens (including phenoxy) is 1. The van der Waals surface area contributed by atoms with Crippen molar-refractivity contribution in [3.63, 3.8) is 0 Å². The first-order chi connectivity index (χ1) is 22.7. The average molecular weight is 808 g/mol. The molecule has 238 valence electrons. The topological polar surface area (TPSA) is 58.0 Å². The molecule has 7 heteroatoms. The van der Waals surface area contributed by atoms with Crippen LogP contribution in [0.5, 0.6) is 11.5 Å². The van der Waals surface area contributed by atoms with Gasteiger partial charge in [-0.3, -0.25) is 0 Å². The summed E-state index contributed by atoms with van der Waals surface area (Å²) >= 11 is 0. The minimum absolute atomic E-state index is 0. The first-order valence-electron chi connectivity index (χ1n) is 15.9. The number of aromatic nitrogens is 4. The summed E-state index contributed by atoms with van der Waals surface area (Å²) in [6, 6.07) is 37.8. The van der Waals surface area contributed by atoms with Gasteiger partial charge in [0, 0.05) is 28.8 Å². The number of nitrogens with zero attached hydrogens (tertiary/aromatic N) is 4. The first kappa shape index (κ1) is 30.4. The number of pyridine rings is 1. The normalized spacial score (nSPS) is 13.5. The monoisotopic (exact) mass is 807 g/mol. The minimum atomic E-state index is -0.405. The molecule has 0 atom stereocenters. The number of benzene rings is 4. The Morgan fingerprint density at radius 1 is 0.792 bits per heavy atom. The van der Waals surface area contributed by atoms with Crippen molar-refractivity contribution in [2.24, 2.45) is 0 Å². The first-order valence-corrected chi connectivity index (χ1v) is 15.9. The van der Waals surface area contributed by atoms with Gasteiger partial charge < -0.3 is 18.3 Å². The molecule has 0 N–H and O–H groups in total. The van der Waals surface area contributed by atoms with Gasteiger partial charge in [0.1, 0.15) is 5.82 Å². The summed E-state index contributed by atoms with van der Waals surface area (Å²) in [7, 11) is 0. The molecule has 0 unspecified atom stereocenters. The summed E-state index contributed by atoms with van der Waals surface area (Å²) in [5, 5.41) is 3.09. The molecule has 6 nitrogen and oxygen atoms in total. The summed E-state index contributed by atoms with van der Waals surface area (Å²) in [6.45, 7) is 11.2. The van der Waals surface area contributed by atoms with Crippen molar-refractivity contribution in [1.29, 1.82) is 0 Å². The third kappa shape index (κ3) is 4.42. The average Bonchev–Trinajstić information content (AvgIpc) is 3.80. The smallest absolute Gasteiger partial charge is 0.514 e. The van der Waals surface area contributed by atoms with Gasteiger partial charge in [-0.25, -0.2) is 9.97 Å². The van der Waals surface area contributed by atoms with Gasteiger partial charge in [-0.15, -0.1) is 17.5 Å². The van der Waals surface area contributed by atoms with Gasteiger partial charge >= 0.3 is 21.1 Å². The van der Waals surface area contributed by atoms with E-state index in [1.54, 1.807) is 0 Å². The number of rotatable bonds is 4. The number of hydrogen-bond acceptors (Lipinski definition) is 4. The van der Waals surface area contributed by atoms with Crippen LogP contribution in [0.3, 0.4) is 0 Å². The van der Waals surface area contributed by atoms with Crippen molar-refractivity contribution in [3.05, 3.63) is 133 Å². The number of imidazole rings is 1. The number of hydrogen-bond donors (Lipinski definition) is 0. The van der Waals surface area contributed by atoms with Gasteiger partial charge in [0.25, 0.3) is 0 Å². The molecule has 48 heavy (non-hydrogen) atoms. The van der Waals surface area contributed by atoms with Crippen LogP contribution in [-0.4, -0.2) is 19.1 Å². The van der Waals surface area contributed by atoms with Gasteiger partial charge in [-0.05, 0) is 60.0 Å². The zero-order valence-electron chi connectivity index (χ0n) is 27.2. The van der Waals surface area contributed by atoms with Crippen LogP contribution in [0.2, 0.25) is 0 Å². The maximum absolute atomic E-state index is 6.56. The van der Waals surface area contributed by atoms with Crippen LogP contribution in [0.15, 0.2) is 108 Å². The number of fused-ring (bicyclic) bond motifs is 8. The van der Waals surface area contributed by atoms with E-state index in [2.05, 4.69) is 109 Å². The molecule has 0 saturated heterocycles. The molecule has 4 aromatic heterocycles. The van der Waals surface area contributed by atoms with E-state index >= 15 is 0 Å². The van der Waals surface area contributed by atoms with E-state index in [-0.39, 0.29) is 26.5 Å². The van der Waals surface area contributed by atoms with Gasteiger partial charge in [-0.2, -0.15) is 6.07 Å². The van der Waals surface area contributed by atoms with E-state index in [9.17, 15) is 0 Å². The standard InChI is InChI=1S/C41H32N4O2.Pt/c1-40(2,3)30-13-7-9-15-32(30)44-24-43-37-36-29-22-25(18-20-34(29)47-39(36)41(4,5)38(37)44)46-26-17-19-28-27-12-6-8-14-31(27)45(33(28)23-26)35-16-10-11-21-42-35;/h6-21,24H,1-5H3;/q-2;+2. The summed E-state index contributed by atoms with van der Waals surface area (Å²) in [6.07, 6.45) is 3.76. The van der Waals surface area contributed by atoms with E-state index in [0.29, 0.717) is 11.5 Å². The van der Waals surface area contributed by atoms with Crippen LogP contribution < -0.4 is 4.74 Å². The zero-order valence-corrected chi connectivity index (χ0v) is 29.5. The SMILES string of the molecule is CC(C)(C)c1ccccc1-n1cnc2c1C(C)(C)c1oc3ccc(Oc4[c-]c5c(cc4)c4ccccc4n5-c4ccccn4)[c-]c3c1-2.[Pt+2]. The third-order valence-electron chi connectivity index (χ3n) is 9.36. The quantitative estimate of drug-likeness (QED) is 0.166. The van der Waals surface area contributed by atoms with Crippen LogP contribution in [0, 0.1) is 12.1 Å². The van der Waals surface area contributed by atoms with Gasteiger partial charge in [0.15, 0.2) is 0 Å². The Kier molecular flexibility index (Phi) is 6.84. The second kappa shape index (κ2) is 10.8. The molecule has 0 aliphatic heterocycles. The molecule has 1 aliphatic carbocycles. The van der Waals surface area contributed by atoms with Crippen LogP contribution in [0.1, 0.15) is 51.6 Å². The van der Waals surface area contributed by atoms with Crippen LogP contribution >= 0.6 is 0 Å². The van der Waals surface area contributed by atoms with Gasteiger partial charge in [0.05, 0.1) is 34.6 Å². The van der Waals surface area contributed by atoms with Crippen molar-refractivity contribution in [2.75, 3.05) is 0 Å². The Balaban J connectivity index is 0.00000336. The Bertz CT molecular complexity index is 2510. The fourth-order valence-electron chi connectivity index (χ4n) is 7.24. The molecule has 8 aromatic rings. The Morgan fingerprint density at radius 3 is 2.35 bits per heavy atom. The van der Waals surface area contributed by atoms with Crippen LogP contribution in [0.4, 0.5) is 0 Å². The predicted octanol–water partition coefficient (Wildman–Crippen LogP) is 10.1. The maximum atomic E-state index is 6.56. The van der Waals surface area contributed by atoms with E-state index in [0.717, 1.165) is 67.0 Å². The molecule has 4 heterocycles. The number of para-hydroxylation sites is 2. The zero-order chi connectivity index (χ0) is 32.1. The summed E-state index contributed by atoms with van der Waals surface area (Å²) < 4.78 is 17.4. The van der Waals surface area contributed by atoms with E-state index in [1.165, 1.54) is 5.56 Å². The summed E-state index contributed by atoms with van der Waals surface area (Å²) in [4.78, 5) is 9.63. The molecule has 0 bridgehead atoms. The minimum Gasteiger partial charge on any atom is -0.514 e. The molecular formula is C41H32N4O2Pt. The molecule has 9 rings (SSSR count). The van der Waals surface area contributed by atoms with Gasteiger partial charge in [0.2, 0.25) is 0 Å². The molecule has 0 radical (unpaired) electrons.